The number of hydrogen-bond acceptors (Lipinski definition) is 10. The number of methoxy groups -OCH3 is 2. The Morgan fingerprint density at radius 2 is 1.01 bits per heavy atom. The first-order valence-corrected chi connectivity index (χ1v) is 21.6. The highest BCUT2D eigenvalue weighted by Crippen LogP contribution is 2.36. The average molecular weight is 947 g/mol. The molecule has 0 N–H and O–H groups in total. The van der Waals surface area contributed by atoms with Gasteiger partial charge in [0.25, 0.3) is 0 Å². The summed E-state index contributed by atoms with van der Waals surface area (Å²) in [4.78, 5) is 35.3. The van der Waals surface area contributed by atoms with Crippen molar-refractivity contribution < 1.29 is 51.7 Å². The molecule has 0 spiro atoms. The van der Waals surface area contributed by atoms with Gasteiger partial charge < -0.3 is 33.3 Å². The van der Waals surface area contributed by atoms with Crippen molar-refractivity contribution in [2.24, 2.45) is 0 Å². The number of hydrogen-bond donors (Lipinski definition) is 0. The number of amides is 1. The SMILES string of the molecule is COc1ccc(OCc2ccccc2)c(C=O)c1.COc1ccc(OCc2ccccc2)c(CN(C(C)=O)c2cc(F)ccc2Oc2ccccc2)c1.O=[N+]([O-])c1cc(F)ccc1Oc1ccccc1. The van der Waals surface area contributed by atoms with Crippen molar-refractivity contribution in [2.45, 2.75) is 26.7 Å². The summed E-state index contributed by atoms with van der Waals surface area (Å²) < 4.78 is 60.7. The van der Waals surface area contributed by atoms with Crippen LogP contribution in [-0.2, 0) is 24.6 Å². The lowest BCUT2D eigenvalue weighted by molar-refractivity contribution is -0.385. The smallest absolute Gasteiger partial charge is 0.314 e. The van der Waals surface area contributed by atoms with E-state index in [-0.39, 0.29) is 18.2 Å². The fourth-order valence-electron chi connectivity index (χ4n) is 6.57. The number of anilines is 1. The van der Waals surface area contributed by atoms with Gasteiger partial charge in [0.05, 0.1) is 43.0 Å². The molecule has 0 atom stereocenters. The predicted molar refractivity (Wildman–Crippen MR) is 262 cm³/mol. The molecule has 70 heavy (non-hydrogen) atoms. The van der Waals surface area contributed by atoms with Gasteiger partial charge in [0.1, 0.15) is 59.3 Å². The van der Waals surface area contributed by atoms with Gasteiger partial charge in [-0.1, -0.05) is 97.1 Å². The van der Waals surface area contributed by atoms with Gasteiger partial charge in [-0.2, -0.15) is 0 Å². The van der Waals surface area contributed by atoms with Crippen molar-refractivity contribution in [3.63, 3.8) is 0 Å². The van der Waals surface area contributed by atoms with Crippen LogP contribution in [0.15, 0.2) is 194 Å². The third-order valence-corrected chi connectivity index (χ3v) is 10.1. The lowest BCUT2D eigenvalue weighted by atomic mass is 10.1. The van der Waals surface area contributed by atoms with Crippen LogP contribution in [0.5, 0.6) is 46.0 Å². The molecule has 0 aliphatic rings. The lowest BCUT2D eigenvalue weighted by Gasteiger charge is -2.25. The van der Waals surface area contributed by atoms with Gasteiger partial charge in [-0.15, -0.1) is 0 Å². The van der Waals surface area contributed by atoms with E-state index in [1.807, 2.05) is 91.0 Å². The van der Waals surface area contributed by atoms with E-state index >= 15 is 0 Å². The molecule has 0 heterocycles. The molecule has 0 saturated carbocycles. The molecule has 14 heteroatoms. The largest absolute Gasteiger partial charge is 0.497 e. The van der Waals surface area contributed by atoms with Gasteiger partial charge in [0.15, 0.2) is 12.0 Å². The van der Waals surface area contributed by atoms with Gasteiger partial charge in [-0.05, 0) is 96.1 Å². The highest BCUT2D eigenvalue weighted by molar-refractivity contribution is 5.93. The summed E-state index contributed by atoms with van der Waals surface area (Å²) >= 11 is 0. The minimum Gasteiger partial charge on any atom is -0.497 e. The molecule has 8 aromatic carbocycles. The van der Waals surface area contributed by atoms with E-state index < -0.39 is 22.2 Å². The number of nitro groups is 1. The second-order valence-corrected chi connectivity index (χ2v) is 15.0. The average Bonchev–Trinajstić information content (AvgIpc) is 3.39. The fourth-order valence-corrected chi connectivity index (χ4v) is 6.57. The molecule has 0 aromatic heterocycles. The molecular weight excluding hydrogens is 899 g/mol. The van der Waals surface area contributed by atoms with Crippen LogP contribution in [0.3, 0.4) is 0 Å². The minimum absolute atomic E-state index is 0.0163. The molecule has 0 saturated heterocycles. The number of carbonyl (C=O) groups is 2. The molecule has 0 aliphatic carbocycles. The topological polar surface area (TPSA) is 136 Å². The van der Waals surface area contributed by atoms with Gasteiger partial charge >= 0.3 is 5.69 Å². The van der Waals surface area contributed by atoms with Crippen LogP contribution in [0.2, 0.25) is 0 Å². The van der Waals surface area contributed by atoms with Crippen LogP contribution in [0, 0.1) is 21.7 Å². The van der Waals surface area contributed by atoms with Gasteiger partial charge in [0.2, 0.25) is 11.7 Å². The summed E-state index contributed by atoms with van der Waals surface area (Å²) in [7, 11) is 3.14. The molecule has 0 aliphatic heterocycles. The zero-order valence-corrected chi connectivity index (χ0v) is 38.4. The number of aldehydes is 1. The summed E-state index contributed by atoms with van der Waals surface area (Å²) in [5, 5.41) is 10.7. The molecule has 0 bridgehead atoms. The Bertz CT molecular complexity index is 2950. The van der Waals surface area contributed by atoms with Gasteiger partial charge in [-0.25, -0.2) is 8.78 Å². The van der Waals surface area contributed by atoms with Gasteiger partial charge in [0, 0.05) is 18.6 Å². The number of nitro benzene ring substituents is 1. The van der Waals surface area contributed by atoms with E-state index in [9.17, 15) is 28.5 Å². The summed E-state index contributed by atoms with van der Waals surface area (Å²) in [6.07, 6.45) is 0.767. The number of ether oxygens (including phenoxy) is 6. The lowest BCUT2D eigenvalue weighted by Crippen LogP contribution is -2.28. The zero-order valence-electron chi connectivity index (χ0n) is 38.4. The zero-order chi connectivity index (χ0) is 49.7. The first kappa shape index (κ1) is 50.4. The van der Waals surface area contributed by atoms with Crippen molar-refractivity contribution >= 4 is 23.6 Å². The number of nitrogens with zero attached hydrogens (tertiary/aromatic N) is 2. The van der Waals surface area contributed by atoms with Crippen LogP contribution < -0.4 is 33.3 Å². The van der Waals surface area contributed by atoms with E-state index in [0.29, 0.717) is 70.3 Å². The summed E-state index contributed by atoms with van der Waals surface area (Å²) in [6.45, 7) is 2.36. The number of para-hydroxylation sites is 2. The molecular formula is C56H48F2N2O10. The Balaban J connectivity index is 0.000000192. The van der Waals surface area contributed by atoms with Gasteiger partial charge in [-0.3, -0.25) is 19.7 Å². The maximum atomic E-state index is 14.3. The first-order valence-electron chi connectivity index (χ1n) is 21.6. The normalized spacial score (nSPS) is 10.2. The number of rotatable bonds is 17. The Morgan fingerprint density at radius 1 is 0.557 bits per heavy atom. The Hall–Kier alpha value is -9.04. The highest BCUT2D eigenvalue weighted by atomic mass is 19.1. The summed E-state index contributed by atoms with van der Waals surface area (Å²) in [6, 6.07) is 55.2. The van der Waals surface area contributed by atoms with Crippen LogP contribution in [0.1, 0.15) is 34.0 Å². The Kier molecular flexibility index (Phi) is 18.5. The summed E-state index contributed by atoms with van der Waals surface area (Å²) in [5.41, 5.74) is 3.20. The van der Waals surface area contributed by atoms with Crippen molar-refractivity contribution in [1.82, 2.24) is 0 Å². The van der Waals surface area contributed by atoms with Crippen molar-refractivity contribution in [3.05, 3.63) is 238 Å². The molecule has 12 nitrogen and oxygen atoms in total. The van der Waals surface area contributed by atoms with Crippen LogP contribution in [0.25, 0.3) is 0 Å². The van der Waals surface area contributed by atoms with Crippen molar-refractivity contribution in [2.75, 3.05) is 19.1 Å². The van der Waals surface area contributed by atoms with Crippen LogP contribution in [-0.4, -0.2) is 31.3 Å². The third kappa shape index (κ3) is 15.0. The molecule has 8 rings (SSSR count). The standard InChI is InChI=1S/C29H26FNO4.C15H14O3.C12H8FNO3/c1-21(32)31(27-18-24(30)13-15-29(27)35-25-11-7-4-8-12-25)19-23-17-26(33-2)14-16-28(23)34-20-22-9-5-3-6-10-22;1-17-14-7-8-15(13(9-14)10-16)18-11-12-5-3-2-4-6-12;13-9-6-7-12(11(8-9)14(15)16)17-10-4-2-1-3-5-10/h3-18H,19-20H2,1-2H3;2-10H,11H2,1H3;1-8H. The molecule has 356 valence electrons. The number of benzene rings is 8. The third-order valence-electron chi connectivity index (χ3n) is 10.1. The van der Waals surface area contributed by atoms with E-state index in [1.165, 1.54) is 36.1 Å². The fraction of sp³-hybridized carbons (Fsp3) is 0.107. The van der Waals surface area contributed by atoms with E-state index in [2.05, 4.69) is 0 Å². The van der Waals surface area contributed by atoms with Crippen molar-refractivity contribution in [1.29, 1.82) is 0 Å². The highest BCUT2D eigenvalue weighted by Gasteiger charge is 2.21. The molecule has 0 radical (unpaired) electrons. The summed E-state index contributed by atoms with van der Waals surface area (Å²) in [5.74, 6) is 2.43. The maximum Gasteiger partial charge on any atom is 0.314 e. The quantitative estimate of drug-likeness (QED) is 0.0493. The Morgan fingerprint density at radius 3 is 1.53 bits per heavy atom. The van der Waals surface area contributed by atoms with E-state index in [1.54, 1.807) is 80.9 Å². The first-order chi connectivity index (χ1) is 34.0. The number of halogens is 2. The van der Waals surface area contributed by atoms with Crippen LogP contribution >= 0.6 is 0 Å². The molecule has 8 aromatic rings. The monoisotopic (exact) mass is 946 g/mol. The van der Waals surface area contributed by atoms with Crippen molar-refractivity contribution in [3.8, 4) is 46.0 Å². The van der Waals surface area contributed by atoms with E-state index in [0.717, 1.165) is 29.5 Å². The second kappa shape index (κ2) is 25.8. The second-order valence-electron chi connectivity index (χ2n) is 15.0. The molecule has 0 fully saturated rings. The predicted octanol–water partition coefficient (Wildman–Crippen LogP) is 13.4. The number of carbonyl (C=O) groups excluding carboxylic acids is 2. The molecule has 0 unspecified atom stereocenters. The van der Waals surface area contributed by atoms with E-state index in [4.69, 9.17) is 28.4 Å². The Labute approximate surface area is 404 Å². The minimum atomic E-state index is -0.679. The van der Waals surface area contributed by atoms with Crippen LogP contribution in [0.4, 0.5) is 20.2 Å². The molecule has 1 amide bonds. The maximum absolute atomic E-state index is 14.3.